The van der Waals surface area contributed by atoms with Crippen LogP contribution >= 0.6 is 0 Å². The van der Waals surface area contributed by atoms with Gasteiger partial charge in [0.1, 0.15) is 0 Å². The Morgan fingerprint density at radius 3 is 1.91 bits per heavy atom. The van der Waals surface area contributed by atoms with Crippen LogP contribution in [-0.4, -0.2) is 21.9 Å². The third-order valence-corrected chi connectivity index (χ3v) is 4.57. The molecule has 1 aliphatic heterocycles. The van der Waals surface area contributed by atoms with Crippen molar-refractivity contribution in [3.8, 4) is 5.75 Å². The summed E-state index contributed by atoms with van der Waals surface area (Å²) >= 11 is 0. The van der Waals surface area contributed by atoms with Crippen molar-refractivity contribution in [3.05, 3.63) is 35.7 Å². The number of allylic oxidation sites excluding steroid dienone is 2. The summed E-state index contributed by atoms with van der Waals surface area (Å²) in [5.41, 5.74) is 0. The van der Waals surface area contributed by atoms with Gasteiger partial charge in [-0.1, -0.05) is 12.2 Å². The highest BCUT2D eigenvalue weighted by Gasteiger charge is 2.60. The first kappa shape index (κ1) is 14.2. The zero-order valence-electron chi connectivity index (χ0n) is 11.3. The predicted molar refractivity (Wildman–Crippen MR) is 64.3 cm³/mol. The van der Waals surface area contributed by atoms with Crippen LogP contribution in [0.2, 0.25) is 0 Å². The molecule has 0 spiro atoms. The summed E-state index contributed by atoms with van der Waals surface area (Å²) in [6, 6.07) is 0. The van der Waals surface area contributed by atoms with E-state index < -0.39 is 52.9 Å². The summed E-state index contributed by atoms with van der Waals surface area (Å²) in [6.45, 7) is 0. The van der Waals surface area contributed by atoms with Crippen molar-refractivity contribution in [1.82, 2.24) is 10.0 Å². The van der Waals surface area contributed by atoms with Gasteiger partial charge >= 0.3 is 0 Å². The van der Waals surface area contributed by atoms with E-state index in [0.29, 0.717) is 6.42 Å². The Balaban J connectivity index is 1.69. The van der Waals surface area contributed by atoms with E-state index in [1.165, 1.54) is 0 Å². The number of nitrogens with zero attached hydrogens (tertiary/aromatic N) is 2. The third-order valence-electron chi connectivity index (χ3n) is 4.57. The van der Waals surface area contributed by atoms with Gasteiger partial charge in [-0.15, -0.1) is 5.06 Å². The molecule has 120 valence electrons. The number of aromatic nitrogens is 1. The quantitative estimate of drug-likeness (QED) is 0.359. The molecule has 4 atom stereocenters. The number of imide groups is 1. The molecule has 9 heteroatoms. The maximum atomic E-state index is 13.6. The number of hydrogen-bond donors (Lipinski definition) is 0. The lowest BCUT2D eigenvalue weighted by Gasteiger charge is -2.17. The molecule has 3 aliphatic rings. The molecule has 1 saturated carbocycles. The van der Waals surface area contributed by atoms with E-state index in [1.807, 2.05) is 12.2 Å². The summed E-state index contributed by atoms with van der Waals surface area (Å²) in [6.07, 6.45) is 4.28. The number of fused-ring (bicyclic) bond motifs is 5. The monoisotopic (exact) mass is 328 g/mol. The second kappa shape index (κ2) is 4.53. The van der Waals surface area contributed by atoms with Gasteiger partial charge in [-0.2, -0.15) is 22.5 Å². The SMILES string of the molecule is O=C1[C@@H]2[C@H](C(=O)N1Oc1c(F)c(F)nc(F)c1F)[C@@H]1C=C[C@H]2C1. The average molecular weight is 328 g/mol. The van der Waals surface area contributed by atoms with Crippen LogP contribution in [0.15, 0.2) is 12.2 Å². The molecule has 4 rings (SSSR count). The fourth-order valence-electron chi connectivity index (χ4n) is 3.60. The normalized spacial score (nSPS) is 31.2. The minimum atomic E-state index is -1.93. The van der Waals surface area contributed by atoms with Crippen molar-refractivity contribution in [2.75, 3.05) is 0 Å². The molecular weight excluding hydrogens is 320 g/mol. The van der Waals surface area contributed by atoms with Gasteiger partial charge in [0.25, 0.3) is 23.7 Å². The molecule has 0 unspecified atom stereocenters. The molecular formula is C14H8F4N2O3. The molecule has 2 bridgehead atoms. The third kappa shape index (κ3) is 1.76. The fourth-order valence-corrected chi connectivity index (χ4v) is 3.60. The lowest BCUT2D eigenvalue weighted by molar-refractivity contribution is -0.168. The molecule has 5 nitrogen and oxygen atoms in total. The van der Waals surface area contributed by atoms with Crippen LogP contribution in [0, 0.1) is 47.2 Å². The minimum absolute atomic E-state index is 0.143. The minimum Gasteiger partial charge on any atom is -0.362 e. The second-order valence-electron chi connectivity index (χ2n) is 5.71. The lowest BCUT2D eigenvalue weighted by Crippen LogP contribution is -2.36. The highest BCUT2D eigenvalue weighted by Crippen LogP contribution is 2.52. The molecule has 1 aromatic rings. The van der Waals surface area contributed by atoms with Gasteiger partial charge in [0.05, 0.1) is 11.8 Å². The molecule has 2 amide bonds. The van der Waals surface area contributed by atoms with Crippen LogP contribution in [-0.2, 0) is 9.59 Å². The first-order chi connectivity index (χ1) is 10.9. The average Bonchev–Trinajstić information content (AvgIpc) is 3.18. The zero-order valence-corrected chi connectivity index (χ0v) is 11.3. The second-order valence-corrected chi connectivity index (χ2v) is 5.71. The van der Waals surface area contributed by atoms with Crippen molar-refractivity contribution in [3.63, 3.8) is 0 Å². The first-order valence-electron chi connectivity index (χ1n) is 6.84. The van der Waals surface area contributed by atoms with Crippen molar-refractivity contribution in [2.24, 2.45) is 23.7 Å². The smallest absolute Gasteiger partial charge is 0.267 e. The van der Waals surface area contributed by atoms with Crippen LogP contribution < -0.4 is 4.84 Å². The summed E-state index contributed by atoms with van der Waals surface area (Å²) in [5, 5.41) is 0.196. The molecule has 1 aromatic heterocycles. The van der Waals surface area contributed by atoms with E-state index in [0.717, 1.165) is 0 Å². The molecule has 0 aromatic carbocycles. The van der Waals surface area contributed by atoms with Gasteiger partial charge < -0.3 is 4.84 Å². The van der Waals surface area contributed by atoms with Gasteiger partial charge in [0, 0.05) is 0 Å². The van der Waals surface area contributed by atoms with Gasteiger partial charge in [0.2, 0.25) is 17.4 Å². The van der Waals surface area contributed by atoms with Crippen molar-refractivity contribution < 1.29 is 32.0 Å². The Bertz CT molecular complexity index is 726. The largest absolute Gasteiger partial charge is 0.362 e. The number of hydrogen-bond acceptors (Lipinski definition) is 4. The van der Waals surface area contributed by atoms with Gasteiger partial charge in [-0.05, 0) is 18.3 Å². The standard InChI is InChI=1S/C14H8F4N2O3/c15-8-10(9(16)12(18)19-11(8)17)23-20-13(21)6-4-1-2-5(3-4)7(6)14(20)22/h1-2,4-7H,3H2/t4-,5+,6-,7+. The van der Waals surface area contributed by atoms with E-state index >= 15 is 0 Å². The first-order valence-corrected chi connectivity index (χ1v) is 6.84. The van der Waals surface area contributed by atoms with E-state index in [2.05, 4.69) is 9.82 Å². The van der Waals surface area contributed by atoms with Crippen molar-refractivity contribution in [1.29, 1.82) is 0 Å². The molecule has 2 aliphatic carbocycles. The van der Waals surface area contributed by atoms with E-state index in [-0.39, 0.29) is 16.9 Å². The Kier molecular flexibility index (Phi) is 2.79. The summed E-state index contributed by atoms with van der Waals surface area (Å²) in [7, 11) is 0. The van der Waals surface area contributed by atoms with Gasteiger partial charge in [0.15, 0.2) is 0 Å². The molecule has 0 N–H and O–H groups in total. The number of pyridine rings is 1. The van der Waals surface area contributed by atoms with E-state index in [4.69, 9.17) is 0 Å². The number of carbonyl (C=O) groups excluding carboxylic acids is 2. The zero-order chi connectivity index (χ0) is 16.5. The maximum absolute atomic E-state index is 13.6. The van der Waals surface area contributed by atoms with Gasteiger partial charge in [-0.3, -0.25) is 9.59 Å². The molecule has 2 fully saturated rings. The molecule has 2 heterocycles. The Morgan fingerprint density at radius 1 is 0.957 bits per heavy atom. The van der Waals surface area contributed by atoms with Crippen molar-refractivity contribution in [2.45, 2.75) is 6.42 Å². The topological polar surface area (TPSA) is 59.5 Å². The van der Waals surface area contributed by atoms with Crippen molar-refractivity contribution >= 4 is 11.8 Å². The number of carbonyl (C=O) groups is 2. The highest BCUT2D eigenvalue weighted by molar-refractivity contribution is 6.05. The van der Waals surface area contributed by atoms with Crippen LogP contribution in [0.1, 0.15) is 6.42 Å². The van der Waals surface area contributed by atoms with Crippen LogP contribution in [0.25, 0.3) is 0 Å². The van der Waals surface area contributed by atoms with Crippen LogP contribution in [0.3, 0.4) is 0 Å². The maximum Gasteiger partial charge on any atom is 0.267 e. The Labute approximate surface area is 126 Å². The predicted octanol–water partition coefficient (Wildman–Crippen LogP) is 1.74. The highest BCUT2D eigenvalue weighted by atomic mass is 19.2. The summed E-state index contributed by atoms with van der Waals surface area (Å²) in [5.74, 6) is -12.4. The lowest BCUT2D eigenvalue weighted by atomic mass is 9.85. The Hall–Kier alpha value is -2.45. The van der Waals surface area contributed by atoms with Crippen LogP contribution in [0.4, 0.5) is 17.6 Å². The molecule has 23 heavy (non-hydrogen) atoms. The molecule has 1 saturated heterocycles. The van der Waals surface area contributed by atoms with E-state index in [1.54, 1.807) is 0 Å². The van der Waals surface area contributed by atoms with Crippen LogP contribution in [0.5, 0.6) is 5.75 Å². The fraction of sp³-hybridized carbons (Fsp3) is 0.357. The Morgan fingerprint density at radius 2 is 1.43 bits per heavy atom. The number of halogens is 4. The molecule has 0 radical (unpaired) electrons. The number of amides is 2. The van der Waals surface area contributed by atoms with Gasteiger partial charge in [-0.25, -0.2) is 0 Å². The summed E-state index contributed by atoms with van der Waals surface area (Å²) in [4.78, 5) is 31.6. The number of rotatable bonds is 2. The summed E-state index contributed by atoms with van der Waals surface area (Å²) < 4.78 is 53.3. The number of hydroxylamine groups is 2. The van der Waals surface area contributed by atoms with E-state index in [9.17, 15) is 27.2 Å².